The van der Waals surface area contributed by atoms with Crippen LogP contribution >= 0.6 is 181 Å². The number of hydrogen-bond acceptors (Lipinski definition) is 4. The summed E-state index contributed by atoms with van der Waals surface area (Å²) in [7, 11) is 0. The fraction of sp³-hybridized carbons (Fsp3) is 0.172. The van der Waals surface area contributed by atoms with Crippen molar-refractivity contribution in [3.8, 4) is 23.0 Å². The van der Waals surface area contributed by atoms with Crippen LogP contribution in [0.25, 0.3) is 0 Å². The maximum atomic E-state index is 10.7. The molecule has 41 heavy (non-hydrogen) atoms. The van der Waals surface area contributed by atoms with Crippen molar-refractivity contribution in [3.05, 3.63) is 99.3 Å². The predicted octanol–water partition coefficient (Wildman–Crippen LogP) is 10.9. The first-order chi connectivity index (χ1) is 19.2. The standard InChI is InChI=1S/C29H20I8O4/c30-17-5-13(6-18(31)25(17)38)1-3-29(15-9-21(34)27(40)22(35)10-15,16-11-23(36)28(41)24(37)12-16)4-2-14-7-19(32)26(39)20(33)8-14/h5-12,38-41H,1-4H2. The van der Waals surface area contributed by atoms with E-state index in [9.17, 15) is 20.4 Å². The van der Waals surface area contributed by atoms with Gasteiger partial charge in [0.05, 0.1) is 28.6 Å². The molecule has 216 valence electrons. The van der Waals surface area contributed by atoms with Crippen LogP contribution in [-0.4, -0.2) is 20.4 Å². The Labute approximate surface area is 348 Å². The summed E-state index contributed by atoms with van der Waals surface area (Å²) in [6.45, 7) is 0. The topological polar surface area (TPSA) is 80.9 Å². The van der Waals surface area contributed by atoms with Gasteiger partial charge in [-0.1, -0.05) is 0 Å². The van der Waals surface area contributed by atoms with Crippen LogP contribution in [0.3, 0.4) is 0 Å². The van der Waals surface area contributed by atoms with E-state index in [1.165, 1.54) is 0 Å². The lowest BCUT2D eigenvalue weighted by atomic mass is 9.67. The highest BCUT2D eigenvalue weighted by atomic mass is 127. The number of benzene rings is 4. The summed E-state index contributed by atoms with van der Waals surface area (Å²) in [5.74, 6) is 1.18. The van der Waals surface area contributed by atoms with Crippen LogP contribution in [0, 0.1) is 28.6 Å². The molecule has 0 spiro atoms. The molecule has 0 saturated carbocycles. The third-order valence-corrected chi connectivity index (χ3v) is 13.6. The van der Waals surface area contributed by atoms with E-state index in [1.54, 1.807) is 0 Å². The molecule has 0 aromatic heterocycles. The van der Waals surface area contributed by atoms with E-state index in [0.29, 0.717) is 11.5 Å². The second-order valence-electron chi connectivity index (χ2n) is 9.48. The highest BCUT2D eigenvalue weighted by molar-refractivity contribution is 14.1. The van der Waals surface area contributed by atoms with Crippen molar-refractivity contribution >= 4 is 181 Å². The minimum Gasteiger partial charge on any atom is -0.506 e. The lowest BCUT2D eigenvalue weighted by molar-refractivity contribution is 0.427. The van der Waals surface area contributed by atoms with Gasteiger partial charge in [0.25, 0.3) is 0 Å². The van der Waals surface area contributed by atoms with Crippen molar-refractivity contribution in [2.45, 2.75) is 31.1 Å². The van der Waals surface area contributed by atoms with E-state index in [0.717, 1.165) is 76.5 Å². The second-order valence-corrected chi connectivity index (χ2v) is 18.8. The highest BCUT2D eigenvalue weighted by Crippen LogP contribution is 2.46. The molecular formula is C29H20I8O4. The van der Waals surface area contributed by atoms with Crippen molar-refractivity contribution in [1.82, 2.24) is 0 Å². The van der Waals surface area contributed by atoms with Crippen molar-refractivity contribution in [3.63, 3.8) is 0 Å². The van der Waals surface area contributed by atoms with Gasteiger partial charge < -0.3 is 20.4 Å². The smallest absolute Gasteiger partial charge is 0.142 e. The molecule has 0 radical (unpaired) electrons. The summed E-state index contributed by atoms with van der Waals surface area (Å²) in [6.07, 6.45) is 3.06. The van der Waals surface area contributed by atoms with Crippen molar-refractivity contribution in [1.29, 1.82) is 0 Å². The van der Waals surface area contributed by atoms with Crippen molar-refractivity contribution in [2.75, 3.05) is 0 Å². The van der Waals surface area contributed by atoms with Gasteiger partial charge in [0.2, 0.25) is 0 Å². The van der Waals surface area contributed by atoms with Gasteiger partial charge in [-0.15, -0.1) is 0 Å². The molecule has 12 heteroatoms. The van der Waals surface area contributed by atoms with Gasteiger partial charge in [0, 0.05) is 5.41 Å². The largest absolute Gasteiger partial charge is 0.506 e. The zero-order chi connectivity index (χ0) is 30.2. The summed E-state index contributed by atoms with van der Waals surface area (Å²) in [5.41, 5.74) is 4.02. The summed E-state index contributed by atoms with van der Waals surface area (Å²) >= 11 is 17.5. The quantitative estimate of drug-likeness (QED) is 0.133. The summed E-state index contributed by atoms with van der Waals surface area (Å²) in [4.78, 5) is 0. The number of hydrogen-bond donors (Lipinski definition) is 4. The second kappa shape index (κ2) is 15.2. The molecule has 0 atom stereocenters. The molecule has 4 N–H and O–H groups in total. The summed E-state index contributed by atoms with van der Waals surface area (Å²) in [6, 6.07) is 16.5. The van der Waals surface area contributed by atoms with Gasteiger partial charge in [0.1, 0.15) is 23.0 Å². The van der Waals surface area contributed by atoms with E-state index in [-0.39, 0.29) is 11.5 Å². The zero-order valence-corrected chi connectivity index (χ0v) is 38.0. The monoisotopic (exact) mass is 1450 g/mol. The van der Waals surface area contributed by atoms with Gasteiger partial charge in [-0.2, -0.15) is 0 Å². The molecule has 0 aliphatic heterocycles. The van der Waals surface area contributed by atoms with E-state index in [2.05, 4.69) is 205 Å². The number of rotatable bonds is 8. The first-order valence-electron chi connectivity index (χ1n) is 11.9. The first-order valence-corrected chi connectivity index (χ1v) is 20.6. The Morgan fingerprint density at radius 1 is 0.390 bits per heavy atom. The number of aryl methyl sites for hydroxylation is 2. The zero-order valence-electron chi connectivity index (χ0n) is 20.8. The number of halogens is 8. The molecular weight excluding hydrogens is 1430 g/mol. The van der Waals surface area contributed by atoms with Crippen LogP contribution in [0.2, 0.25) is 0 Å². The Morgan fingerprint density at radius 2 is 0.610 bits per heavy atom. The van der Waals surface area contributed by atoms with Gasteiger partial charge in [-0.05, 0) is 277 Å². The van der Waals surface area contributed by atoms with Crippen LogP contribution in [-0.2, 0) is 18.3 Å². The number of phenolic OH excluding ortho intramolecular Hbond substituents is 4. The Hall–Kier alpha value is 1.92. The Morgan fingerprint density at radius 3 is 0.854 bits per heavy atom. The molecule has 0 unspecified atom stereocenters. The Kier molecular flexibility index (Phi) is 13.3. The lowest BCUT2D eigenvalue weighted by Crippen LogP contribution is -2.30. The van der Waals surface area contributed by atoms with Gasteiger partial charge in [-0.3, -0.25) is 0 Å². The van der Waals surface area contributed by atoms with Crippen LogP contribution < -0.4 is 0 Å². The third-order valence-electron chi connectivity index (χ3n) is 6.97. The molecule has 0 aliphatic carbocycles. The molecule has 0 bridgehead atoms. The van der Waals surface area contributed by atoms with E-state index < -0.39 is 5.41 Å². The minimum absolute atomic E-state index is 0.281. The van der Waals surface area contributed by atoms with Gasteiger partial charge in [-0.25, -0.2) is 0 Å². The molecule has 4 nitrogen and oxygen atoms in total. The SMILES string of the molecule is Oc1c(I)cc(CCC(CCc2cc(I)c(O)c(I)c2)(c2cc(I)c(O)c(I)c2)c2cc(I)c(O)c(I)c2)cc1I. The molecule has 4 aromatic rings. The van der Waals surface area contributed by atoms with Crippen LogP contribution in [0.4, 0.5) is 0 Å². The molecule has 0 amide bonds. The van der Waals surface area contributed by atoms with E-state index >= 15 is 0 Å². The van der Waals surface area contributed by atoms with Crippen molar-refractivity contribution < 1.29 is 20.4 Å². The molecule has 0 aliphatic rings. The Balaban J connectivity index is 1.94. The minimum atomic E-state index is -0.468. The van der Waals surface area contributed by atoms with Crippen LogP contribution in [0.5, 0.6) is 23.0 Å². The van der Waals surface area contributed by atoms with E-state index in [1.807, 2.05) is 24.3 Å². The van der Waals surface area contributed by atoms with E-state index in [4.69, 9.17) is 0 Å². The predicted molar refractivity (Wildman–Crippen MR) is 232 cm³/mol. The highest BCUT2D eigenvalue weighted by Gasteiger charge is 2.36. The third kappa shape index (κ3) is 8.26. The maximum Gasteiger partial charge on any atom is 0.142 e. The summed E-state index contributed by atoms with van der Waals surface area (Å²) in [5, 5.41) is 42.1. The average Bonchev–Trinajstić information content (AvgIpc) is 2.91. The lowest BCUT2D eigenvalue weighted by Gasteiger charge is -2.37. The van der Waals surface area contributed by atoms with Gasteiger partial charge >= 0.3 is 0 Å². The average molecular weight is 1450 g/mol. The normalized spacial score (nSPS) is 11.7. The van der Waals surface area contributed by atoms with Crippen LogP contribution in [0.15, 0.2) is 48.5 Å². The summed E-state index contributed by atoms with van der Waals surface area (Å²) < 4.78 is 6.46. The molecule has 0 saturated heterocycles. The molecule has 0 heterocycles. The molecule has 4 aromatic carbocycles. The fourth-order valence-corrected chi connectivity index (χ4v) is 12.1. The maximum absolute atomic E-state index is 10.7. The number of phenols is 4. The molecule has 0 fully saturated rings. The van der Waals surface area contributed by atoms with Gasteiger partial charge in [0.15, 0.2) is 0 Å². The molecule has 4 rings (SSSR count). The van der Waals surface area contributed by atoms with Crippen molar-refractivity contribution in [2.24, 2.45) is 0 Å². The number of aromatic hydroxyl groups is 4. The van der Waals surface area contributed by atoms with Crippen LogP contribution in [0.1, 0.15) is 35.1 Å². The Bertz CT molecular complexity index is 1430. The first kappa shape index (κ1) is 35.8. The fourth-order valence-electron chi connectivity index (χ4n) is 4.79.